The molecule has 76 valence electrons. The van der Waals surface area contributed by atoms with Crippen LogP contribution in [-0.2, 0) is 5.75 Å². The molecule has 0 bridgehead atoms. The average molecular weight is 272 g/mol. The summed E-state index contributed by atoms with van der Waals surface area (Å²) in [4.78, 5) is 0. The van der Waals surface area contributed by atoms with E-state index in [4.69, 9.17) is 0 Å². The molecule has 1 saturated heterocycles. The second-order valence-electron chi connectivity index (χ2n) is 3.63. The van der Waals surface area contributed by atoms with Gasteiger partial charge in [-0.15, -0.1) is 0 Å². The van der Waals surface area contributed by atoms with Crippen LogP contribution < -0.4 is 5.32 Å². The molecule has 0 unspecified atom stereocenters. The lowest BCUT2D eigenvalue weighted by Crippen LogP contribution is -2.43. The molecule has 1 aliphatic rings. The summed E-state index contributed by atoms with van der Waals surface area (Å²) in [5.41, 5.74) is 1.41. The summed E-state index contributed by atoms with van der Waals surface area (Å²) in [6.45, 7) is 2.42. The number of thioether (sulfide) groups is 1. The lowest BCUT2D eigenvalue weighted by atomic mass is 10.1. The van der Waals surface area contributed by atoms with E-state index in [0.29, 0.717) is 0 Å². The molecule has 0 radical (unpaired) electrons. The summed E-state index contributed by atoms with van der Waals surface area (Å²) in [6.07, 6.45) is 0. The van der Waals surface area contributed by atoms with Crippen LogP contribution in [-0.4, -0.2) is 18.8 Å². The van der Waals surface area contributed by atoms with Gasteiger partial charge in [0.15, 0.2) is 0 Å². The molecule has 1 fully saturated rings. The zero-order valence-corrected chi connectivity index (χ0v) is 10.4. The van der Waals surface area contributed by atoms with Gasteiger partial charge >= 0.3 is 0 Å². The quantitative estimate of drug-likeness (QED) is 0.904. The van der Waals surface area contributed by atoms with Crippen LogP contribution in [0.1, 0.15) is 5.56 Å². The predicted octanol–water partition coefficient (Wildman–Crippen LogP) is 2.90. The maximum Gasteiger partial charge on any atom is 0.0215 e. The summed E-state index contributed by atoms with van der Waals surface area (Å²) in [5, 5.41) is 3.30. The van der Waals surface area contributed by atoms with Gasteiger partial charge in [0.1, 0.15) is 0 Å². The summed E-state index contributed by atoms with van der Waals surface area (Å²) in [6, 6.07) is 8.47. The molecule has 2 rings (SSSR count). The maximum absolute atomic E-state index is 3.57. The molecule has 1 aromatic carbocycles. The van der Waals surface area contributed by atoms with Crippen LogP contribution in [0.5, 0.6) is 0 Å². The Labute approximate surface area is 97.8 Å². The first-order valence-corrected chi connectivity index (χ1v) is 6.83. The van der Waals surface area contributed by atoms with Crippen molar-refractivity contribution in [3.63, 3.8) is 0 Å². The van der Waals surface area contributed by atoms with Crippen LogP contribution in [0.4, 0.5) is 0 Å². The molecule has 0 aliphatic carbocycles. The monoisotopic (exact) mass is 271 g/mol. The molecule has 0 atom stereocenters. The fourth-order valence-corrected chi connectivity index (χ4v) is 3.19. The molecule has 0 spiro atoms. The van der Waals surface area contributed by atoms with Gasteiger partial charge in [0.25, 0.3) is 0 Å². The van der Waals surface area contributed by atoms with Gasteiger partial charge in [0.05, 0.1) is 0 Å². The van der Waals surface area contributed by atoms with E-state index in [0.717, 1.165) is 11.7 Å². The molecule has 1 nitrogen and oxygen atoms in total. The topological polar surface area (TPSA) is 12.0 Å². The van der Waals surface area contributed by atoms with Gasteiger partial charge in [0, 0.05) is 10.2 Å². The molecule has 0 aromatic heterocycles. The SMILES string of the molecule is Brc1ccccc1CSCC1CNC1. The Morgan fingerprint density at radius 1 is 1.36 bits per heavy atom. The third-order valence-corrected chi connectivity index (χ3v) is 4.43. The van der Waals surface area contributed by atoms with Gasteiger partial charge in [0.2, 0.25) is 0 Å². The minimum atomic E-state index is 0.905. The normalized spacial score (nSPS) is 16.6. The second-order valence-corrected chi connectivity index (χ2v) is 5.52. The predicted molar refractivity (Wildman–Crippen MR) is 66.7 cm³/mol. The van der Waals surface area contributed by atoms with Crippen molar-refractivity contribution in [1.29, 1.82) is 0 Å². The van der Waals surface area contributed by atoms with Crippen LogP contribution in [0.25, 0.3) is 0 Å². The fraction of sp³-hybridized carbons (Fsp3) is 0.455. The van der Waals surface area contributed by atoms with Gasteiger partial charge in [-0.1, -0.05) is 34.1 Å². The van der Waals surface area contributed by atoms with Crippen molar-refractivity contribution in [2.45, 2.75) is 5.75 Å². The molecule has 0 saturated carbocycles. The number of nitrogens with one attached hydrogen (secondary N) is 1. The Bertz CT molecular complexity index is 299. The van der Waals surface area contributed by atoms with Crippen molar-refractivity contribution >= 4 is 27.7 Å². The Balaban J connectivity index is 1.76. The first-order chi connectivity index (χ1) is 6.86. The lowest BCUT2D eigenvalue weighted by Gasteiger charge is -2.26. The number of rotatable bonds is 4. The second kappa shape index (κ2) is 5.19. The zero-order chi connectivity index (χ0) is 9.80. The number of benzene rings is 1. The van der Waals surface area contributed by atoms with Crippen LogP contribution >= 0.6 is 27.7 Å². The van der Waals surface area contributed by atoms with Crippen LogP contribution in [0, 0.1) is 5.92 Å². The van der Waals surface area contributed by atoms with Crippen molar-refractivity contribution in [3.8, 4) is 0 Å². The first-order valence-electron chi connectivity index (χ1n) is 4.88. The van der Waals surface area contributed by atoms with Gasteiger partial charge < -0.3 is 5.32 Å². The van der Waals surface area contributed by atoms with Gasteiger partial charge in [-0.25, -0.2) is 0 Å². The molecular weight excluding hydrogens is 258 g/mol. The summed E-state index contributed by atoms with van der Waals surface area (Å²) in [7, 11) is 0. The van der Waals surface area contributed by atoms with Crippen LogP contribution in [0.3, 0.4) is 0 Å². The van der Waals surface area contributed by atoms with Crippen molar-refractivity contribution in [1.82, 2.24) is 5.32 Å². The van der Waals surface area contributed by atoms with Crippen molar-refractivity contribution in [2.75, 3.05) is 18.8 Å². The molecular formula is C11H14BrNS. The smallest absolute Gasteiger partial charge is 0.0215 e. The third-order valence-electron chi connectivity index (χ3n) is 2.43. The van der Waals surface area contributed by atoms with E-state index < -0.39 is 0 Å². The van der Waals surface area contributed by atoms with Crippen molar-refractivity contribution in [2.24, 2.45) is 5.92 Å². The van der Waals surface area contributed by atoms with Crippen LogP contribution in [0.2, 0.25) is 0 Å². The molecule has 3 heteroatoms. The highest BCUT2D eigenvalue weighted by Gasteiger charge is 2.15. The first kappa shape index (κ1) is 10.5. The van der Waals surface area contributed by atoms with E-state index in [2.05, 4.69) is 45.5 Å². The Hall–Kier alpha value is 0.01000. The van der Waals surface area contributed by atoms with E-state index in [1.807, 2.05) is 11.8 Å². The Morgan fingerprint density at radius 3 is 2.79 bits per heavy atom. The molecule has 1 heterocycles. The Morgan fingerprint density at radius 2 is 2.14 bits per heavy atom. The highest BCUT2D eigenvalue weighted by atomic mass is 79.9. The van der Waals surface area contributed by atoms with Crippen molar-refractivity contribution < 1.29 is 0 Å². The van der Waals surface area contributed by atoms with Crippen molar-refractivity contribution in [3.05, 3.63) is 34.3 Å². The lowest BCUT2D eigenvalue weighted by molar-refractivity contribution is 0.385. The molecule has 0 amide bonds. The summed E-state index contributed by atoms with van der Waals surface area (Å²) >= 11 is 5.60. The molecule has 14 heavy (non-hydrogen) atoms. The Kier molecular flexibility index (Phi) is 3.90. The van der Waals surface area contributed by atoms with Gasteiger partial charge in [-0.05, 0) is 36.4 Å². The number of hydrogen-bond acceptors (Lipinski definition) is 2. The van der Waals surface area contributed by atoms with Gasteiger partial charge in [-0.2, -0.15) is 11.8 Å². The molecule has 1 N–H and O–H groups in total. The van der Waals surface area contributed by atoms with E-state index in [9.17, 15) is 0 Å². The standard InChI is InChI=1S/C11H14BrNS/c12-11-4-2-1-3-10(11)8-14-7-9-5-13-6-9/h1-4,9,13H,5-8H2. The van der Waals surface area contributed by atoms with E-state index in [-0.39, 0.29) is 0 Å². The van der Waals surface area contributed by atoms with Gasteiger partial charge in [-0.3, -0.25) is 0 Å². The minimum absolute atomic E-state index is 0.905. The third kappa shape index (κ3) is 2.75. The maximum atomic E-state index is 3.57. The minimum Gasteiger partial charge on any atom is -0.316 e. The van der Waals surface area contributed by atoms with E-state index in [1.54, 1.807) is 0 Å². The highest BCUT2D eigenvalue weighted by Crippen LogP contribution is 2.23. The number of halogens is 1. The summed E-state index contributed by atoms with van der Waals surface area (Å²) < 4.78 is 1.24. The van der Waals surface area contributed by atoms with E-state index in [1.165, 1.54) is 28.9 Å². The highest BCUT2D eigenvalue weighted by molar-refractivity contribution is 9.10. The molecule has 1 aliphatic heterocycles. The number of hydrogen-bond donors (Lipinski definition) is 1. The average Bonchev–Trinajstić information content (AvgIpc) is 2.12. The summed E-state index contributed by atoms with van der Waals surface area (Å²) in [5.74, 6) is 3.31. The fourth-order valence-electron chi connectivity index (χ4n) is 1.42. The molecule has 1 aromatic rings. The van der Waals surface area contributed by atoms with Crippen LogP contribution in [0.15, 0.2) is 28.7 Å². The zero-order valence-electron chi connectivity index (χ0n) is 8.00. The largest absolute Gasteiger partial charge is 0.316 e. The van der Waals surface area contributed by atoms with E-state index >= 15 is 0 Å².